The number of aromatic amines is 1. The summed E-state index contributed by atoms with van der Waals surface area (Å²) >= 11 is 0. The van der Waals surface area contributed by atoms with E-state index in [1.165, 1.54) is 10.9 Å². The van der Waals surface area contributed by atoms with Gasteiger partial charge < -0.3 is 15.6 Å². The predicted octanol–water partition coefficient (Wildman–Crippen LogP) is 3.98. The number of aromatic nitrogens is 3. The minimum atomic E-state index is -0.213. The fraction of sp³-hybridized carbons (Fsp3) is 0.136. The molecule has 6 heteroatoms. The quantitative estimate of drug-likeness (QED) is 0.479. The van der Waals surface area contributed by atoms with Crippen LogP contribution in [0.4, 0.5) is 11.6 Å². The van der Waals surface area contributed by atoms with Crippen molar-refractivity contribution in [2.24, 2.45) is 0 Å². The molecule has 2 heterocycles. The minimum absolute atomic E-state index is 0.213. The maximum Gasteiger partial charge on any atom is 0.270 e. The number of hydrogen-bond acceptors (Lipinski definition) is 4. The molecule has 0 aliphatic carbocycles. The van der Waals surface area contributed by atoms with Crippen molar-refractivity contribution in [2.75, 3.05) is 11.9 Å². The molecule has 0 atom stereocenters. The molecule has 3 N–H and O–H groups in total. The average Bonchev–Trinajstić information content (AvgIpc) is 3.11. The molecule has 0 radical (unpaired) electrons. The molecule has 0 aliphatic rings. The zero-order valence-electron chi connectivity index (χ0n) is 15.6. The van der Waals surface area contributed by atoms with Crippen molar-refractivity contribution < 1.29 is 4.79 Å². The van der Waals surface area contributed by atoms with E-state index in [9.17, 15) is 4.79 Å². The lowest BCUT2D eigenvalue weighted by Gasteiger charge is -2.08. The largest absolute Gasteiger partial charge is 0.361 e. The minimum Gasteiger partial charge on any atom is -0.361 e. The van der Waals surface area contributed by atoms with Gasteiger partial charge in [0.15, 0.2) is 0 Å². The topological polar surface area (TPSA) is 82.7 Å². The number of nitrogens with zero attached hydrogens (tertiary/aromatic N) is 2. The first-order chi connectivity index (χ1) is 13.7. The third kappa shape index (κ3) is 4.01. The van der Waals surface area contributed by atoms with Crippen LogP contribution in [0.5, 0.6) is 0 Å². The zero-order valence-corrected chi connectivity index (χ0v) is 15.6. The van der Waals surface area contributed by atoms with E-state index in [1.54, 1.807) is 12.3 Å². The van der Waals surface area contributed by atoms with Gasteiger partial charge in [-0.25, -0.2) is 9.97 Å². The lowest BCUT2D eigenvalue weighted by molar-refractivity contribution is 0.0949. The highest BCUT2D eigenvalue weighted by Crippen LogP contribution is 2.18. The molecule has 0 fully saturated rings. The van der Waals surface area contributed by atoms with E-state index in [4.69, 9.17) is 0 Å². The zero-order chi connectivity index (χ0) is 19.3. The van der Waals surface area contributed by atoms with Crippen molar-refractivity contribution in [3.63, 3.8) is 0 Å². The molecular formula is C22H21N5O. The SMILES string of the molecule is Cc1cccc(Nc2nccc(C(=O)NCCc3c[nH]c4ccccc34)n2)c1. The van der Waals surface area contributed by atoms with E-state index >= 15 is 0 Å². The summed E-state index contributed by atoms with van der Waals surface area (Å²) in [6.07, 6.45) is 4.32. The number of nitrogens with one attached hydrogen (secondary N) is 3. The van der Waals surface area contributed by atoms with Gasteiger partial charge in [-0.15, -0.1) is 0 Å². The molecule has 2 aromatic heterocycles. The average molecular weight is 371 g/mol. The highest BCUT2D eigenvalue weighted by molar-refractivity contribution is 5.92. The van der Waals surface area contributed by atoms with Crippen LogP contribution in [0.1, 0.15) is 21.6 Å². The molecule has 0 spiro atoms. The Morgan fingerprint density at radius 2 is 2.00 bits per heavy atom. The third-order valence-electron chi connectivity index (χ3n) is 4.52. The van der Waals surface area contributed by atoms with Crippen molar-refractivity contribution in [1.29, 1.82) is 0 Å². The van der Waals surface area contributed by atoms with Gasteiger partial charge in [0.2, 0.25) is 5.95 Å². The van der Waals surface area contributed by atoms with Crippen molar-refractivity contribution in [3.8, 4) is 0 Å². The Labute approximate surface area is 163 Å². The van der Waals surface area contributed by atoms with Crippen LogP contribution >= 0.6 is 0 Å². The molecule has 2 aromatic carbocycles. The number of amides is 1. The van der Waals surface area contributed by atoms with Crippen LogP contribution in [0.15, 0.2) is 67.0 Å². The normalized spacial score (nSPS) is 10.8. The summed E-state index contributed by atoms with van der Waals surface area (Å²) in [5, 5.41) is 7.25. The highest BCUT2D eigenvalue weighted by atomic mass is 16.1. The Bertz CT molecular complexity index is 1120. The molecule has 28 heavy (non-hydrogen) atoms. The van der Waals surface area contributed by atoms with Crippen molar-refractivity contribution in [2.45, 2.75) is 13.3 Å². The number of benzene rings is 2. The van der Waals surface area contributed by atoms with Gasteiger partial charge >= 0.3 is 0 Å². The van der Waals surface area contributed by atoms with Gasteiger partial charge in [-0.3, -0.25) is 4.79 Å². The summed E-state index contributed by atoms with van der Waals surface area (Å²) < 4.78 is 0. The first-order valence-electron chi connectivity index (χ1n) is 9.19. The van der Waals surface area contributed by atoms with Gasteiger partial charge in [0.25, 0.3) is 5.91 Å². The summed E-state index contributed by atoms with van der Waals surface area (Å²) in [6.45, 7) is 2.55. The number of aryl methyl sites for hydroxylation is 1. The Kier molecular flexibility index (Phi) is 5.01. The van der Waals surface area contributed by atoms with E-state index in [-0.39, 0.29) is 5.91 Å². The number of anilines is 2. The highest BCUT2D eigenvalue weighted by Gasteiger charge is 2.10. The maximum atomic E-state index is 12.5. The van der Waals surface area contributed by atoms with Gasteiger partial charge in [-0.1, -0.05) is 30.3 Å². The second-order valence-electron chi connectivity index (χ2n) is 6.63. The molecule has 0 bridgehead atoms. The van der Waals surface area contributed by atoms with Gasteiger partial charge in [-0.2, -0.15) is 0 Å². The Morgan fingerprint density at radius 3 is 2.89 bits per heavy atom. The number of carbonyl (C=O) groups is 1. The number of fused-ring (bicyclic) bond motifs is 1. The molecule has 0 unspecified atom stereocenters. The lowest BCUT2D eigenvalue weighted by atomic mass is 10.1. The van der Waals surface area contributed by atoms with Crippen LogP contribution in [-0.4, -0.2) is 27.4 Å². The van der Waals surface area contributed by atoms with Crippen LogP contribution in [0.2, 0.25) is 0 Å². The van der Waals surface area contributed by atoms with Crippen molar-refractivity contribution in [3.05, 3.63) is 83.8 Å². The second kappa shape index (κ2) is 7.92. The smallest absolute Gasteiger partial charge is 0.270 e. The molecule has 140 valence electrons. The number of hydrogen-bond donors (Lipinski definition) is 3. The molecule has 4 rings (SSSR count). The molecular weight excluding hydrogens is 350 g/mol. The van der Waals surface area contributed by atoms with E-state index in [0.717, 1.165) is 23.2 Å². The van der Waals surface area contributed by atoms with E-state index in [0.29, 0.717) is 18.2 Å². The standard InChI is InChI=1S/C22H21N5O/c1-15-5-4-6-17(13-15)26-22-24-12-10-20(27-22)21(28)23-11-9-16-14-25-19-8-3-2-7-18(16)19/h2-8,10,12-14,25H,9,11H2,1H3,(H,23,28)(H,24,26,27). The molecule has 1 amide bonds. The summed E-state index contributed by atoms with van der Waals surface area (Å²) in [5.41, 5.74) is 4.64. The Morgan fingerprint density at radius 1 is 1.11 bits per heavy atom. The van der Waals surface area contributed by atoms with Gasteiger partial charge in [0.1, 0.15) is 5.69 Å². The van der Waals surface area contributed by atoms with Gasteiger partial charge in [0.05, 0.1) is 0 Å². The monoisotopic (exact) mass is 371 g/mol. The first-order valence-corrected chi connectivity index (χ1v) is 9.19. The van der Waals surface area contributed by atoms with Crippen LogP contribution < -0.4 is 10.6 Å². The number of carbonyl (C=O) groups excluding carboxylic acids is 1. The Hall–Kier alpha value is -3.67. The van der Waals surface area contributed by atoms with Crippen molar-refractivity contribution in [1.82, 2.24) is 20.3 Å². The van der Waals surface area contributed by atoms with E-state index < -0.39 is 0 Å². The summed E-state index contributed by atoms with van der Waals surface area (Å²) in [7, 11) is 0. The summed E-state index contributed by atoms with van der Waals surface area (Å²) in [5.74, 6) is 0.185. The third-order valence-corrected chi connectivity index (χ3v) is 4.52. The molecule has 0 saturated heterocycles. The molecule has 4 aromatic rings. The van der Waals surface area contributed by atoms with Crippen LogP contribution in [0.3, 0.4) is 0 Å². The molecule has 0 aliphatic heterocycles. The molecule has 0 saturated carbocycles. The van der Waals surface area contributed by atoms with E-state index in [1.807, 2.05) is 55.6 Å². The lowest BCUT2D eigenvalue weighted by Crippen LogP contribution is -2.26. The summed E-state index contributed by atoms with van der Waals surface area (Å²) in [4.78, 5) is 24.2. The number of para-hydroxylation sites is 1. The number of H-pyrrole nitrogens is 1. The Balaban J connectivity index is 1.38. The van der Waals surface area contributed by atoms with Crippen LogP contribution in [-0.2, 0) is 6.42 Å². The van der Waals surface area contributed by atoms with Crippen molar-refractivity contribution >= 4 is 28.4 Å². The van der Waals surface area contributed by atoms with Crippen LogP contribution in [0, 0.1) is 6.92 Å². The first kappa shape index (κ1) is 17.7. The molecule has 6 nitrogen and oxygen atoms in total. The summed E-state index contributed by atoms with van der Waals surface area (Å²) in [6, 6.07) is 17.7. The maximum absolute atomic E-state index is 12.5. The predicted molar refractivity (Wildman–Crippen MR) is 111 cm³/mol. The van der Waals surface area contributed by atoms with Crippen LogP contribution in [0.25, 0.3) is 10.9 Å². The number of rotatable bonds is 6. The fourth-order valence-electron chi connectivity index (χ4n) is 3.14. The van der Waals surface area contributed by atoms with Gasteiger partial charge in [-0.05, 0) is 48.7 Å². The van der Waals surface area contributed by atoms with Gasteiger partial charge in [0, 0.05) is 35.5 Å². The van der Waals surface area contributed by atoms with E-state index in [2.05, 4.69) is 31.7 Å². The fourth-order valence-corrected chi connectivity index (χ4v) is 3.14. The second-order valence-corrected chi connectivity index (χ2v) is 6.63.